The van der Waals surface area contributed by atoms with E-state index in [-0.39, 0.29) is 11.5 Å². The molecule has 0 fully saturated rings. The topological polar surface area (TPSA) is 51.2 Å². The molecule has 1 heterocycles. The molecule has 4 nitrogen and oxygen atoms in total. The van der Waals surface area contributed by atoms with E-state index in [1.165, 1.54) is 0 Å². The number of esters is 1. The van der Waals surface area contributed by atoms with E-state index in [1.807, 2.05) is 51.1 Å². The Hall–Kier alpha value is -2.10. The average molecular weight is 272 g/mol. The summed E-state index contributed by atoms with van der Waals surface area (Å²) in [5.41, 5.74) is 1.14. The number of hydrogen-bond acceptors (Lipinski definition) is 4. The van der Waals surface area contributed by atoms with E-state index in [0.29, 0.717) is 18.0 Å². The number of carbonyl (C=O) groups is 1. The molecular weight excluding hydrogens is 252 g/mol. The first-order valence-corrected chi connectivity index (χ1v) is 6.76. The van der Waals surface area contributed by atoms with E-state index < -0.39 is 0 Å². The number of para-hydroxylation sites is 1. The molecule has 0 bridgehead atoms. The zero-order valence-electron chi connectivity index (χ0n) is 12.4. The molecule has 20 heavy (non-hydrogen) atoms. The number of pyridine rings is 1. The Labute approximate surface area is 119 Å². The average Bonchev–Trinajstić information content (AvgIpc) is 2.36. The Morgan fingerprint density at radius 1 is 1.30 bits per heavy atom. The van der Waals surface area contributed by atoms with Gasteiger partial charge in [-0.05, 0) is 39.8 Å². The number of anilines is 1. The number of benzene rings is 1. The fraction of sp³-hybridized carbons (Fsp3) is 0.375. The third kappa shape index (κ3) is 3.26. The lowest BCUT2D eigenvalue weighted by atomic mass is 10.1. The second-order valence-electron chi connectivity index (χ2n) is 5.67. The van der Waals surface area contributed by atoms with Crippen molar-refractivity contribution in [3.63, 3.8) is 0 Å². The van der Waals surface area contributed by atoms with Gasteiger partial charge in [0.05, 0.1) is 12.1 Å². The molecule has 0 spiro atoms. The monoisotopic (exact) mass is 272 g/mol. The van der Waals surface area contributed by atoms with Crippen molar-refractivity contribution in [2.45, 2.75) is 33.2 Å². The molecule has 2 rings (SSSR count). The number of carbonyl (C=O) groups excluding carboxylic acids is 1. The Morgan fingerprint density at radius 3 is 2.65 bits per heavy atom. The third-order valence-corrected chi connectivity index (χ3v) is 2.71. The van der Waals surface area contributed by atoms with Crippen LogP contribution in [0.5, 0.6) is 0 Å². The third-order valence-electron chi connectivity index (χ3n) is 2.71. The number of ether oxygens (including phenoxy) is 1. The van der Waals surface area contributed by atoms with Crippen molar-refractivity contribution < 1.29 is 9.53 Å². The molecule has 1 aromatic heterocycles. The van der Waals surface area contributed by atoms with Crippen molar-refractivity contribution in [2.24, 2.45) is 0 Å². The van der Waals surface area contributed by atoms with E-state index in [4.69, 9.17) is 4.74 Å². The number of fused-ring (bicyclic) bond motifs is 1. The Bertz CT molecular complexity index is 630. The highest BCUT2D eigenvalue weighted by atomic mass is 16.5. The van der Waals surface area contributed by atoms with Gasteiger partial charge in [-0.3, -0.25) is 0 Å². The van der Waals surface area contributed by atoms with E-state index in [2.05, 4.69) is 10.3 Å². The van der Waals surface area contributed by atoms with E-state index in [9.17, 15) is 4.79 Å². The van der Waals surface area contributed by atoms with Gasteiger partial charge in [-0.2, -0.15) is 0 Å². The van der Waals surface area contributed by atoms with Crippen LogP contribution < -0.4 is 5.32 Å². The molecule has 0 unspecified atom stereocenters. The summed E-state index contributed by atoms with van der Waals surface area (Å²) in [6, 6.07) is 9.55. The predicted molar refractivity (Wildman–Crippen MR) is 81.1 cm³/mol. The van der Waals surface area contributed by atoms with Crippen LogP contribution in [-0.2, 0) is 4.74 Å². The summed E-state index contributed by atoms with van der Waals surface area (Å²) in [7, 11) is 0. The molecule has 0 radical (unpaired) electrons. The summed E-state index contributed by atoms with van der Waals surface area (Å²) in [5.74, 6) is 0.215. The Morgan fingerprint density at radius 2 is 2.00 bits per heavy atom. The van der Waals surface area contributed by atoms with Gasteiger partial charge in [-0.25, -0.2) is 9.78 Å². The number of hydrogen-bond donors (Lipinski definition) is 1. The molecule has 0 aliphatic rings. The maximum absolute atomic E-state index is 12.1. The summed E-state index contributed by atoms with van der Waals surface area (Å²) in [6.45, 7) is 8.22. The minimum Gasteiger partial charge on any atom is -0.462 e. The van der Waals surface area contributed by atoms with E-state index in [1.54, 1.807) is 6.92 Å². The van der Waals surface area contributed by atoms with Crippen molar-refractivity contribution in [1.82, 2.24) is 4.98 Å². The molecule has 2 aromatic rings. The number of rotatable bonds is 3. The van der Waals surface area contributed by atoms with Gasteiger partial charge < -0.3 is 10.1 Å². The normalized spacial score (nSPS) is 11.4. The molecule has 0 saturated heterocycles. The minimum absolute atomic E-state index is 0.184. The second-order valence-corrected chi connectivity index (χ2v) is 5.67. The van der Waals surface area contributed by atoms with Crippen LogP contribution >= 0.6 is 0 Å². The van der Waals surface area contributed by atoms with Crippen LogP contribution in [-0.4, -0.2) is 23.1 Å². The maximum atomic E-state index is 12.1. The Balaban J connectivity index is 2.55. The van der Waals surface area contributed by atoms with Gasteiger partial charge in [0.2, 0.25) is 0 Å². The highest BCUT2D eigenvalue weighted by molar-refractivity contribution is 5.99. The van der Waals surface area contributed by atoms with Gasteiger partial charge in [0.15, 0.2) is 0 Å². The standard InChI is InChI=1S/C16H20N2O2/c1-5-20-15(19)12-10-11-8-6-7-9-13(11)17-14(12)18-16(2,3)4/h6-10H,5H2,1-4H3,(H,17,18). The van der Waals surface area contributed by atoms with Crippen LogP contribution in [0.4, 0.5) is 5.82 Å². The first-order valence-electron chi connectivity index (χ1n) is 6.76. The molecule has 1 aromatic carbocycles. The lowest BCUT2D eigenvalue weighted by Gasteiger charge is -2.23. The summed E-state index contributed by atoms with van der Waals surface area (Å²) < 4.78 is 5.11. The van der Waals surface area contributed by atoms with Gasteiger partial charge >= 0.3 is 5.97 Å². The molecule has 1 N–H and O–H groups in total. The lowest BCUT2D eigenvalue weighted by molar-refractivity contribution is 0.0527. The van der Waals surface area contributed by atoms with E-state index in [0.717, 1.165) is 10.9 Å². The maximum Gasteiger partial charge on any atom is 0.341 e. The van der Waals surface area contributed by atoms with Crippen molar-refractivity contribution in [3.8, 4) is 0 Å². The van der Waals surface area contributed by atoms with Crippen LogP contribution in [0.3, 0.4) is 0 Å². The minimum atomic E-state index is -0.350. The van der Waals surface area contributed by atoms with Gasteiger partial charge in [-0.1, -0.05) is 18.2 Å². The van der Waals surface area contributed by atoms with E-state index >= 15 is 0 Å². The molecule has 4 heteroatoms. The SMILES string of the molecule is CCOC(=O)c1cc2ccccc2nc1NC(C)(C)C. The predicted octanol–water partition coefficient (Wildman–Crippen LogP) is 3.62. The van der Waals surface area contributed by atoms with Crippen LogP contribution in [0, 0.1) is 0 Å². The van der Waals surface area contributed by atoms with Gasteiger partial charge in [-0.15, -0.1) is 0 Å². The number of aromatic nitrogens is 1. The molecular formula is C16H20N2O2. The van der Waals surface area contributed by atoms with Gasteiger partial charge in [0, 0.05) is 10.9 Å². The van der Waals surface area contributed by atoms with Crippen molar-refractivity contribution in [3.05, 3.63) is 35.9 Å². The molecule has 106 valence electrons. The Kier molecular flexibility index (Phi) is 3.93. The quantitative estimate of drug-likeness (QED) is 0.867. The largest absolute Gasteiger partial charge is 0.462 e. The zero-order chi connectivity index (χ0) is 14.8. The van der Waals surface area contributed by atoms with Crippen LogP contribution in [0.25, 0.3) is 10.9 Å². The van der Waals surface area contributed by atoms with Crippen molar-refractivity contribution in [2.75, 3.05) is 11.9 Å². The fourth-order valence-electron chi connectivity index (χ4n) is 1.93. The first-order chi connectivity index (χ1) is 9.40. The molecule has 0 atom stereocenters. The van der Waals surface area contributed by atoms with Crippen LogP contribution in [0.1, 0.15) is 38.1 Å². The summed E-state index contributed by atoms with van der Waals surface area (Å²) in [5, 5.41) is 4.20. The number of nitrogens with one attached hydrogen (secondary N) is 1. The summed E-state index contributed by atoms with van der Waals surface area (Å²) in [6.07, 6.45) is 0. The smallest absolute Gasteiger partial charge is 0.341 e. The molecule has 0 saturated carbocycles. The van der Waals surface area contributed by atoms with Crippen LogP contribution in [0.15, 0.2) is 30.3 Å². The fourth-order valence-corrected chi connectivity index (χ4v) is 1.93. The molecule has 0 aliphatic carbocycles. The van der Waals surface area contributed by atoms with Crippen molar-refractivity contribution >= 4 is 22.7 Å². The zero-order valence-corrected chi connectivity index (χ0v) is 12.4. The summed E-state index contributed by atoms with van der Waals surface area (Å²) >= 11 is 0. The number of nitrogens with zero attached hydrogens (tertiary/aromatic N) is 1. The summed E-state index contributed by atoms with van der Waals surface area (Å²) in [4.78, 5) is 16.6. The first kappa shape index (κ1) is 14.3. The molecule has 0 amide bonds. The van der Waals surface area contributed by atoms with Crippen LogP contribution in [0.2, 0.25) is 0 Å². The van der Waals surface area contributed by atoms with Gasteiger partial charge in [0.25, 0.3) is 0 Å². The van der Waals surface area contributed by atoms with Gasteiger partial charge in [0.1, 0.15) is 11.4 Å². The molecule has 0 aliphatic heterocycles. The lowest BCUT2D eigenvalue weighted by Crippen LogP contribution is -2.28. The highest BCUT2D eigenvalue weighted by Gasteiger charge is 2.19. The second kappa shape index (κ2) is 5.49. The highest BCUT2D eigenvalue weighted by Crippen LogP contribution is 2.23. The van der Waals surface area contributed by atoms with Crippen molar-refractivity contribution in [1.29, 1.82) is 0 Å².